The van der Waals surface area contributed by atoms with Crippen molar-refractivity contribution in [2.45, 2.75) is 12.5 Å². The number of aliphatic carboxylic acids is 1. The molecule has 2 amide bonds. The van der Waals surface area contributed by atoms with E-state index in [4.69, 9.17) is 5.11 Å². The third-order valence-corrected chi connectivity index (χ3v) is 4.01. The molecule has 0 aromatic carbocycles. The van der Waals surface area contributed by atoms with E-state index in [9.17, 15) is 14.4 Å². The van der Waals surface area contributed by atoms with Gasteiger partial charge in [-0.2, -0.15) is 0 Å². The first-order chi connectivity index (χ1) is 8.99. The minimum absolute atomic E-state index is 0.0943. The fraction of sp³-hybridized carbons (Fsp3) is 0.417. The average molecular weight is 282 g/mol. The van der Waals surface area contributed by atoms with E-state index in [0.29, 0.717) is 11.4 Å². The monoisotopic (exact) mass is 282 g/mol. The van der Waals surface area contributed by atoms with Crippen LogP contribution in [0, 0.1) is 5.92 Å². The van der Waals surface area contributed by atoms with Gasteiger partial charge in [-0.1, -0.05) is 6.07 Å². The van der Waals surface area contributed by atoms with Crippen molar-refractivity contribution < 1.29 is 19.5 Å². The summed E-state index contributed by atoms with van der Waals surface area (Å²) in [6, 6.07) is 2.35. The van der Waals surface area contributed by atoms with Crippen molar-refractivity contribution in [2.75, 3.05) is 13.6 Å². The van der Waals surface area contributed by atoms with Gasteiger partial charge >= 0.3 is 5.97 Å². The van der Waals surface area contributed by atoms with E-state index in [0.717, 1.165) is 0 Å². The first-order valence-electron chi connectivity index (χ1n) is 5.79. The Kier molecular flexibility index (Phi) is 3.84. The molecule has 1 aromatic heterocycles. The van der Waals surface area contributed by atoms with E-state index in [1.165, 1.54) is 16.2 Å². The zero-order valence-electron chi connectivity index (χ0n) is 10.3. The van der Waals surface area contributed by atoms with Gasteiger partial charge in [-0.25, -0.2) is 4.79 Å². The number of carboxylic acids is 1. The number of likely N-dealkylation sites (tertiary alicyclic amines) is 1. The summed E-state index contributed by atoms with van der Waals surface area (Å²) in [5.74, 6) is -2.06. The quantitative estimate of drug-likeness (QED) is 0.840. The molecule has 0 radical (unpaired) electrons. The van der Waals surface area contributed by atoms with Crippen molar-refractivity contribution in [1.29, 1.82) is 0 Å². The number of carbonyl (C=O) groups is 3. The standard InChI is InChI=1S/C12H14N2O4S/c1-14-6-7(5-9(14)15)11(16)13-10(12(17)18)8-3-2-4-19-8/h2-4,7,10H,5-6H2,1H3,(H,13,16)(H,17,18). The average Bonchev–Trinajstić information content (AvgIpc) is 2.97. The predicted molar refractivity (Wildman–Crippen MR) is 68.6 cm³/mol. The number of amides is 2. The van der Waals surface area contributed by atoms with Crippen LogP contribution in [-0.2, 0) is 14.4 Å². The van der Waals surface area contributed by atoms with Crippen molar-refractivity contribution in [3.05, 3.63) is 22.4 Å². The minimum atomic E-state index is -1.10. The maximum Gasteiger partial charge on any atom is 0.331 e. The third-order valence-electron chi connectivity index (χ3n) is 3.07. The highest BCUT2D eigenvalue weighted by Crippen LogP contribution is 2.22. The summed E-state index contributed by atoms with van der Waals surface area (Å²) in [7, 11) is 1.63. The fourth-order valence-electron chi connectivity index (χ4n) is 2.01. The molecule has 7 heteroatoms. The van der Waals surface area contributed by atoms with E-state index in [2.05, 4.69) is 5.32 Å². The fourth-order valence-corrected chi connectivity index (χ4v) is 2.78. The lowest BCUT2D eigenvalue weighted by Crippen LogP contribution is -2.38. The van der Waals surface area contributed by atoms with Gasteiger partial charge in [0, 0.05) is 24.9 Å². The molecule has 2 atom stereocenters. The van der Waals surface area contributed by atoms with Crippen molar-refractivity contribution in [3.8, 4) is 0 Å². The summed E-state index contributed by atoms with van der Waals surface area (Å²) in [6.45, 7) is 0.335. The maximum atomic E-state index is 12.0. The number of thiophene rings is 1. The van der Waals surface area contributed by atoms with Gasteiger partial charge in [-0.15, -0.1) is 11.3 Å². The van der Waals surface area contributed by atoms with Gasteiger partial charge < -0.3 is 15.3 Å². The Morgan fingerprint density at radius 2 is 2.32 bits per heavy atom. The Bertz CT molecular complexity index is 500. The Balaban J connectivity index is 2.04. The highest BCUT2D eigenvalue weighted by molar-refractivity contribution is 7.10. The highest BCUT2D eigenvalue weighted by atomic mass is 32.1. The van der Waals surface area contributed by atoms with E-state index in [1.54, 1.807) is 24.6 Å². The lowest BCUT2D eigenvalue weighted by molar-refractivity contribution is -0.142. The van der Waals surface area contributed by atoms with Gasteiger partial charge in [0.1, 0.15) is 0 Å². The molecule has 0 spiro atoms. The van der Waals surface area contributed by atoms with Crippen LogP contribution in [0.15, 0.2) is 17.5 Å². The van der Waals surface area contributed by atoms with Gasteiger partial charge in [0.15, 0.2) is 6.04 Å². The molecule has 6 nitrogen and oxygen atoms in total. The molecule has 0 saturated carbocycles. The molecular formula is C12H14N2O4S. The number of carboxylic acid groups (broad SMARTS) is 1. The predicted octanol–water partition coefficient (Wildman–Crippen LogP) is 0.468. The number of hydrogen-bond donors (Lipinski definition) is 2. The summed E-state index contributed by atoms with van der Waals surface area (Å²) in [6.07, 6.45) is 0.138. The van der Waals surface area contributed by atoms with Gasteiger partial charge in [0.25, 0.3) is 0 Å². The molecule has 2 N–H and O–H groups in total. The van der Waals surface area contributed by atoms with Crippen LogP contribution >= 0.6 is 11.3 Å². The van der Waals surface area contributed by atoms with Crippen LogP contribution in [0.5, 0.6) is 0 Å². The zero-order valence-corrected chi connectivity index (χ0v) is 11.1. The van der Waals surface area contributed by atoms with E-state index >= 15 is 0 Å². The minimum Gasteiger partial charge on any atom is -0.479 e. The molecule has 0 aliphatic carbocycles. The second-order valence-corrected chi connectivity index (χ2v) is 5.45. The highest BCUT2D eigenvalue weighted by Gasteiger charge is 2.34. The third kappa shape index (κ3) is 2.93. The second kappa shape index (κ2) is 5.40. The van der Waals surface area contributed by atoms with Crippen LogP contribution in [0.1, 0.15) is 17.3 Å². The Morgan fingerprint density at radius 1 is 1.58 bits per heavy atom. The topological polar surface area (TPSA) is 86.7 Å². The molecule has 1 fully saturated rings. The van der Waals surface area contributed by atoms with Crippen LogP contribution in [-0.4, -0.2) is 41.4 Å². The molecule has 19 heavy (non-hydrogen) atoms. The summed E-state index contributed by atoms with van der Waals surface area (Å²) >= 11 is 1.27. The number of nitrogens with one attached hydrogen (secondary N) is 1. The van der Waals surface area contributed by atoms with Crippen LogP contribution < -0.4 is 5.32 Å². The molecule has 1 aromatic rings. The molecule has 2 rings (SSSR count). The first-order valence-corrected chi connectivity index (χ1v) is 6.67. The number of nitrogens with zero attached hydrogens (tertiary/aromatic N) is 1. The van der Waals surface area contributed by atoms with Crippen molar-refractivity contribution in [1.82, 2.24) is 10.2 Å². The number of hydrogen-bond acceptors (Lipinski definition) is 4. The lowest BCUT2D eigenvalue weighted by atomic mass is 10.1. The van der Waals surface area contributed by atoms with E-state index < -0.39 is 23.8 Å². The molecule has 2 unspecified atom stereocenters. The molecule has 1 aliphatic rings. The molecule has 1 aliphatic heterocycles. The summed E-state index contributed by atoms with van der Waals surface area (Å²) in [5.41, 5.74) is 0. The molecule has 2 heterocycles. The van der Waals surface area contributed by atoms with Crippen molar-refractivity contribution in [3.63, 3.8) is 0 Å². The van der Waals surface area contributed by atoms with Crippen molar-refractivity contribution >= 4 is 29.1 Å². The van der Waals surface area contributed by atoms with Crippen LogP contribution in [0.3, 0.4) is 0 Å². The molecule has 1 saturated heterocycles. The van der Waals surface area contributed by atoms with Crippen LogP contribution in [0.4, 0.5) is 0 Å². The van der Waals surface area contributed by atoms with Gasteiger partial charge in [-0.05, 0) is 11.4 Å². The van der Waals surface area contributed by atoms with Crippen LogP contribution in [0.2, 0.25) is 0 Å². The normalized spacial score (nSPS) is 20.4. The first kappa shape index (κ1) is 13.5. The zero-order chi connectivity index (χ0) is 14.0. The number of carbonyl (C=O) groups excluding carboxylic acids is 2. The second-order valence-electron chi connectivity index (χ2n) is 4.47. The summed E-state index contributed by atoms with van der Waals surface area (Å²) < 4.78 is 0. The Hall–Kier alpha value is -1.89. The Morgan fingerprint density at radius 3 is 2.79 bits per heavy atom. The SMILES string of the molecule is CN1CC(C(=O)NC(C(=O)O)c2cccs2)CC1=O. The Labute approximate surface area is 114 Å². The van der Waals surface area contributed by atoms with Gasteiger partial charge in [0.05, 0.1) is 5.92 Å². The molecular weight excluding hydrogens is 268 g/mol. The number of rotatable bonds is 4. The van der Waals surface area contributed by atoms with Gasteiger partial charge in [-0.3, -0.25) is 9.59 Å². The van der Waals surface area contributed by atoms with E-state index in [1.807, 2.05) is 0 Å². The molecule has 102 valence electrons. The maximum absolute atomic E-state index is 12.0. The smallest absolute Gasteiger partial charge is 0.331 e. The summed E-state index contributed by atoms with van der Waals surface area (Å²) in [5, 5.41) is 13.4. The summed E-state index contributed by atoms with van der Waals surface area (Å²) in [4.78, 5) is 36.6. The molecule has 0 bridgehead atoms. The van der Waals surface area contributed by atoms with Crippen molar-refractivity contribution in [2.24, 2.45) is 5.92 Å². The van der Waals surface area contributed by atoms with Gasteiger partial charge in [0.2, 0.25) is 11.8 Å². The van der Waals surface area contributed by atoms with Crippen LogP contribution in [0.25, 0.3) is 0 Å². The lowest BCUT2D eigenvalue weighted by Gasteiger charge is -2.16. The van der Waals surface area contributed by atoms with E-state index in [-0.39, 0.29) is 12.3 Å². The largest absolute Gasteiger partial charge is 0.479 e.